The molecule has 0 aromatic carbocycles. The van der Waals surface area contributed by atoms with Gasteiger partial charge in [0, 0.05) is 12.6 Å². The summed E-state index contributed by atoms with van der Waals surface area (Å²) in [5.41, 5.74) is 0. The summed E-state index contributed by atoms with van der Waals surface area (Å²) in [6, 6.07) is 0.423. The third-order valence-electron chi connectivity index (χ3n) is 2.38. The summed E-state index contributed by atoms with van der Waals surface area (Å²) in [6.45, 7) is 4.50. The van der Waals surface area contributed by atoms with E-state index in [1.807, 2.05) is 11.8 Å². The Kier molecular flexibility index (Phi) is 2.23. The van der Waals surface area contributed by atoms with Gasteiger partial charge in [-0.3, -0.25) is 9.89 Å². The first kappa shape index (κ1) is 9.18. The van der Waals surface area contributed by atoms with Gasteiger partial charge in [-0.15, -0.1) is 5.10 Å². The van der Waals surface area contributed by atoms with Crippen LogP contribution < -0.4 is 0 Å². The maximum absolute atomic E-state index is 11.9. The number of carbonyl (C=O) groups excluding carboxylic acids is 1. The highest BCUT2D eigenvalue weighted by Gasteiger charge is 2.33. The lowest BCUT2D eigenvalue weighted by molar-refractivity contribution is 0.0740. The molecule has 0 saturated heterocycles. The van der Waals surface area contributed by atoms with E-state index in [0.717, 1.165) is 19.4 Å². The number of nitrogens with one attached hydrogen (secondary N) is 1. The Morgan fingerprint density at radius 1 is 1.64 bits per heavy atom. The van der Waals surface area contributed by atoms with Crippen LogP contribution in [0.2, 0.25) is 0 Å². The summed E-state index contributed by atoms with van der Waals surface area (Å²) >= 11 is 0. The van der Waals surface area contributed by atoms with Gasteiger partial charge in [-0.05, 0) is 26.7 Å². The highest BCUT2D eigenvalue weighted by molar-refractivity contribution is 5.90. The Labute approximate surface area is 82.5 Å². The molecule has 0 bridgehead atoms. The van der Waals surface area contributed by atoms with Crippen LogP contribution in [0, 0.1) is 6.92 Å². The van der Waals surface area contributed by atoms with E-state index in [-0.39, 0.29) is 11.7 Å². The molecule has 0 radical (unpaired) electrons. The Morgan fingerprint density at radius 3 is 2.79 bits per heavy atom. The average molecular weight is 194 g/mol. The van der Waals surface area contributed by atoms with Gasteiger partial charge in [0.15, 0.2) is 0 Å². The molecule has 5 heteroatoms. The second kappa shape index (κ2) is 3.40. The van der Waals surface area contributed by atoms with Crippen molar-refractivity contribution in [2.24, 2.45) is 0 Å². The summed E-state index contributed by atoms with van der Waals surface area (Å²) in [6.07, 6.45) is 2.23. The van der Waals surface area contributed by atoms with E-state index in [2.05, 4.69) is 15.2 Å². The zero-order chi connectivity index (χ0) is 10.1. The van der Waals surface area contributed by atoms with Crippen molar-refractivity contribution >= 4 is 5.91 Å². The van der Waals surface area contributed by atoms with Crippen LogP contribution in [0.15, 0.2) is 0 Å². The van der Waals surface area contributed by atoms with Gasteiger partial charge in [0.2, 0.25) is 5.82 Å². The lowest BCUT2D eigenvalue weighted by Gasteiger charge is -2.17. The topological polar surface area (TPSA) is 61.9 Å². The van der Waals surface area contributed by atoms with Gasteiger partial charge in [0.1, 0.15) is 5.82 Å². The number of aromatic nitrogens is 3. The number of H-pyrrole nitrogens is 1. The van der Waals surface area contributed by atoms with Crippen molar-refractivity contribution in [1.82, 2.24) is 20.1 Å². The summed E-state index contributed by atoms with van der Waals surface area (Å²) < 4.78 is 0. The van der Waals surface area contributed by atoms with Gasteiger partial charge in [0.25, 0.3) is 5.91 Å². The quantitative estimate of drug-likeness (QED) is 0.771. The third kappa shape index (κ3) is 1.62. The molecule has 0 spiro atoms. The Morgan fingerprint density at radius 2 is 2.36 bits per heavy atom. The van der Waals surface area contributed by atoms with E-state index in [4.69, 9.17) is 0 Å². The van der Waals surface area contributed by atoms with Crippen LogP contribution in [-0.4, -0.2) is 38.6 Å². The van der Waals surface area contributed by atoms with Gasteiger partial charge in [-0.2, -0.15) is 0 Å². The molecular weight excluding hydrogens is 180 g/mol. The zero-order valence-corrected chi connectivity index (χ0v) is 8.45. The third-order valence-corrected chi connectivity index (χ3v) is 2.38. The first-order valence-corrected chi connectivity index (χ1v) is 4.92. The summed E-state index contributed by atoms with van der Waals surface area (Å²) in [5.74, 6) is 0.913. The number of amides is 1. The highest BCUT2D eigenvalue weighted by atomic mass is 16.2. The lowest BCUT2D eigenvalue weighted by Crippen LogP contribution is -2.33. The SMILES string of the molecule is CCN(C(=O)c1n[nH]c(C)n1)C1CC1. The molecular formula is C9H14N4O. The minimum absolute atomic E-state index is 0.0562. The molecule has 1 saturated carbocycles. The number of hydrogen-bond donors (Lipinski definition) is 1. The molecule has 1 fully saturated rings. The molecule has 0 unspecified atom stereocenters. The standard InChI is InChI=1S/C9H14N4O/c1-3-13(7-4-5-7)9(14)8-10-6(2)11-12-8/h7H,3-5H2,1-2H3,(H,10,11,12). The van der Waals surface area contributed by atoms with Crippen LogP contribution in [0.1, 0.15) is 36.2 Å². The zero-order valence-electron chi connectivity index (χ0n) is 8.45. The number of nitrogens with zero attached hydrogens (tertiary/aromatic N) is 3. The number of carbonyl (C=O) groups is 1. The van der Waals surface area contributed by atoms with Crippen molar-refractivity contribution in [3.8, 4) is 0 Å². The Hall–Kier alpha value is -1.39. The molecule has 0 aliphatic heterocycles. The molecule has 1 aromatic rings. The fourth-order valence-corrected chi connectivity index (χ4v) is 1.52. The van der Waals surface area contributed by atoms with Gasteiger partial charge >= 0.3 is 0 Å². The van der Waals surface area contributed by atoms with Gasteiger partial charge in [0.05, 0.1) is 0 Å². The summed E-state index contributed by atoms with van der Waals surface area (Å²) in [4.78, 5) is 17.7. The van der Waals surface area contributed by atoms with Crippen LogP contribution in [0.3, 0.4) is 0 Å². The van der Waals surface area contributed by atoms with Crippen LogP contribution in [0.5, 0.6) is 0 Å². The molecule has 0 atom stereocenters. The van der Waals surface area contributed by atoms with E-state index in [1.165, 1.54) is 0 Å². The smallest absolute Gasteiger partial charge is 0.293 e. The number of rotatable bonds is 3. The molecule has 1 amide bonds. The molecule has 76 valence electrons. The highest BCUT2D eigenvalue weighted by Crippen LogP contribution is 2.27. The average Bonchev–Trinajstić information content (AvgIpc) is 2.90. The first-order chi connectivity index (χ1) is 6.72. The maximum Gasteiger partial charge on any atom is 0.293 e. The predicted molar refractivity (Wildman–Crippen MR) is 50.9 cm³/mol. The van der Waals surface area contributed by atoms with Crippen LogP contribution in [0.4, 0.5) is 0 Å². The molecule has 1 N–H and O–H groups in total. The van der Waals surface area contributed by atoms with E-state index in [0.29, 0.717) is 11.9 Å². The fourth-order valence-electron chi connectivity index (χ4n) is 1.52. The second-order valence-electron chi connectivity index (χ2n) is 3.57. The van der Waals surface area contributed by atoms with Crippen molar-refractivity contribution in [2.45, 2.75) is 32.7 Å². The number of aryl methyl sites for hydroxylation is 1. The largest absolute Gasteiger partial charge is 0.333 e. The summed E-state index contributed by atoms with van der Waals surface area (Å²) in [5, 5.41) is 6.55. The molecule has 2 rings (SSSR count). The molecule has 1 aromatic heterocycles. The van der Waals surface area contributed by atoms with Crippen molar-refractivity contribution < 1.29 is 4.79 Å². The van der Waals surface area contributed by atoms with Gasteiger partial charge in [-0.25, -0.2) is 4.98 Å². The van der Waals surface area contributed by atoms with Crippen molar-refractivity contribution in [1.29, 1.82) is 0 Å². The minimum atomic E-state index is -0.0562. The van der Waals surface area contributed by atoms with Crippen molar-refractivity contribution in [3.05, 3.63) is 11.6 Å². The van der Waals surface area contributed by atoms with Crippen LogP contribution in [-0.2, 0) is 0 Å². The van der Waals surface area contributed by atoms with Crippen molar-refractivity contribution in [2.75, 3.05) is 6.54 Å². The molecule has 14 heavy (non-hydrogen) atoms. The predicted octanol–water partition coefficient (Wildman–Crippen LogP) is 0.738. The monoisotopic (exact) mass is 194 g/mol. The maximum atomic E-state index is 11.9. The van der Waals surface area contributed by atoms with E-state index in [9.17, 15) is 4.79 Å². The molecule has 5 nitrogen and oxygen atoms in total. The second-order valence-corrected chi connectivity index (χ2v) is 3.57. The minimum Gasteiger partial charge on any atom is -0.333 e. The normalized spacial score (nSPS) is 15.6. The van der Waals surface area contributed by atoms with Gasteiger partial charge in [-0.1, -0.05) is 0 Å². The molecule has 1 aliphatic carbocycles. The summed E-state index contributed by atoms with van der Waals surface area (Å²) in [7, 11) is 0. The fraction of sp³-hybridized carbons (Fsp3) is 0.667. The lowest BCUT2D eigenvalue weighted by atomic mass is 10.4. The number of aromatic amines is 1. The first-order valence-electron chi connectivity index (χ1n) is 4.92. The van der Waals surface area contributed by atoms with Crippen LogP contribution >= 0.6 is 0 Å². The van der Waals surface area contributed by atoms with E-state index >= 15 is 0 Å². The van der Waals surface area contributed by atoms with Crippen molar-refractivity contribution in [3.63, 3.8) is 0 Å². The molecule has 1 aliphatic rings. The Bertz CT molecular complexity index is 342. The van der Waals surface area contributed by atoms with E-state index in [1.54, 1.807) is 6.92 Å². The molecule has 1 heterocycles. The van der Waals surface area contributed by atoms with Gasteiger partial charge < -0.3 is 4.90 Å². The van der Waals surface area contributed by atoms with E-state index < -0.39 is 0 Å². The number of hydrogen-bond acceptors (Lipinski definition) is 3. The van der Waals surface area contributed by atoms with Crippen LogP contribution in [0.25, 0.3) is 0 Å². The Balaban J connectivity index is 2.13.